The summed E-state index contributed by atoms with van der Waals surface area (Å²) in [6, 6.07) is 9.21. The van der Waals surface area contributed by atoms with Crippen LogP contribution in [0.4, 0.5) is 10.1 Å². The van der Waals surface area contributed by atoms with Crippen molar-refractivity contribution in [1.82, 2.24) is 29.3 Å². The second kappa shape index (κ2) is 11.5. The van der Waals surface area contributed by atoms with Crippen molar-refractivity contribution in [3.8, 4) is 0 Å². The molecule has 0 spiro atoms. The first kappa shape index (κ1) is 31.4. The fourth-order valence-corrected chi connectivity index (χ4v) is 7.92. The lowest BCUT2D eigenvalue weighted by Gasteiger charge is -2.42. The summed E-state index contributed by atoms with van der Waals surface area (Å²) in [5.74, 6) is -0.320. The van der Waals surface area contributed by atoms with Crippen molar-refractivity contribution in [2.24, 2.45) is 0 Å². The van der Waals surface area contributed by atoms with Gasteiger partial charge in [0.15, 0.2) is 5.65 Å². The molecule has 4 atom stereocenters. The van der Waals surface area contributed by atoms with E-state index < -0.39 is 11.0 Å². The van der Waals surface area contributed by atoms with E-state index in [2.05, 4.69) is 35.9 Å². The summed E-state index contributed by atoms with van der Waals surface area (Å²) < 4.78 is 22.5. The Labute approximate surface area is 268 Å². The summed E-state index contributed by atoms with van der Waals surface area (Å²) in [5, 5.41) is 18.9. The summed E-state index contributed by atoms with van der Waals surface area (Å²) in [7, 11) is 0. The Balaban J connectivity index is 1.24. The topological polar surface area (TPSA) is 108 Å². The Morgan fingerprint density at radius 2 is 1.96 bits per heavy atom. The molecule has 12 heteroatoms. The van der Waals surface area contributed by atoms with Crippen LogP contribution in [0.3, 0.4) is 0 Å². The highest BCUT2D eigenvalue weighted by molar-refractivity contribution is 5.98. The van der Waals surface area contributed by atoms with E-state index in [4.69, 9.17) is 9.84 Å². The summed E-state index contributed by atoms with van der Waals surface area (Å²) >= 11 is 0. The summed E-state index contributed by atoms with van der Waals surface area (Å²) in [5.41, 5.74) is 1.51. The number of pyridine rings is 1. The van der Waals surface area contributed by atoms with Gasteiger partial charge >= 0.3 is 5.69 Å². The molecule has 3 fully saturated rings. The van der Waals surface area contributed by atoms with Gasteiger partial charge in [0.2, 0.25) is 5.91 Å². The first-order chi connectivity index (χ1) is 21.8. The van der Waals surface area contributed by atoms with Gasteiger partial charge in [0, 0.05) is 68.2 Å². The Morgan fingerprint density at radius 1 is 1.20 bits per heavy atom. The van der Waals surface area contributed by atoms with Crippen LogP contribution in [0.25, 0.3) is 5.65 Å². The second-order valence-electron chi connectivity index (χ2n) is 15.2. The van der Waals surface area contributed by atoms with Gasteiger partial charge < -0.3 is 20.1 Å². The zero-order chi connectivity index (χ0) is 32.5. The van der Waals surface area contributed by atoms with Gasteiger partial charge in [-0.25, -0.2) is 18.3 Å². The minimum absolute atomic E-state index is 0.00113. The van der Waals surface area contributed by atoms with E-state index in [-0.39, 0.29) is 42.6 Å². The van der Waals surface area contributed by atoms with E-state index >= 15 is 0 Å². The van der Waals surface area contributed by atoms with Crippen LogP contribution >= 0.6 is 0 Å². The van der Waals surface area contributed by atoms with Gasteiger partial charge in [0.05, 0.1) is 42.8 Å². The first-order valence-electron chi connectivity index (χ1n) is 16.5. The molecule has 11 nitrogen and oxygen atoms in total. The first-order valence-corrected chi connectivity index (χ1v) is 16.5. The molecule has 3 aromatic rings. The average Bonchev–Trinajstić information content (AvgIpc) is 3.73. The number of benzene rings is 1. The number of carbonyl (C=O) groups excluding carboxylic acids is 1. The van der Waals surface area contributed by atoms with E-state index in [0.717, 1.165) is 56.0 Å². The number of fused-ring (bicyclic) bond motifs is 5. The lowest BCUT2D eigenvalue weighted by atomic mass is 9.90. The number of aliphatic hydroxyl groups is 1. The molecule has 1 amide bonds. The van der Waals surface area contributed by atoms with Crippen molar-refractivity contribution in [2.75, 3.05) is 50.8 Å². The number of anilines is 1. The second-order valence-corrected chi connectivity index (χ2v) is 15.2. The van der Waals surface area contributed by atoms with E-state index in [1.807, 2.05) is 11.0 Å². The van der Waals surface area contributed by atoms with E-state index in [9.17, 15) is 19.1 Å². The number of amides is 1. The van der Waals surface area contributed by atoms with Crippen LogP contribution in [0, 0.1) is 5.82 Å². The molecule has 0 radical (unpaired) electrons. The lowest BCUT2D eigenvalue weighted by Crippen LogP contribution is -2.61. The standard InChI is InChI=1S/C34H46FN7O4/c1-21-14-38(26(13-36-21)15-39-16-27-12-25(39)18-46-27)17-29(43)40-19-33(2,3)30-28(40)11-23(10-22-6-8-24(35)9-7-22)31-37-41(20-34(4,5)45)32(44)42(30)31/h6-9,11,21,25-27,36,45H,10,12-20H2,1-5H3/t21-,25+,26-,27+/m1/s1. The molecule has 0 unspecified atom stereocenters. The van der Waals surface area contributed by atoms with Gasteiger partial charge in [-0.1, -0.05) is 26.0 Å². The lowest BCUT2D eigenvalue weighted by molar-refractivity contribution is -0.121. The molecular formula is C34H46FN7O4. The van der Waals surface area contributed by atoms with Crippen molar-refractivity contribution >= 4 is 17.2 Å². The molecule has 0 saturated carbocycles. The van der Waals surface area contributed by atoms with E-state index in [0.29, 0.717) is 36.4 Å². The van der Waals surface area contributed by atoms with Crippen molar-refractivity contribution in [3.63, 3.8) is 0 Å². The molecule has 2 bridgehead atoms. The number of morpholine rings is 1. The van der Waals surface area contributed by atoms with E-state index in [1.54, 1.807) is 30.4 Å². The summed E-state index contributed by atoms with van der Waals surface area (Å²) in [6.07, 6.45) is 1.82. The molecule has 7 rings (SSSR count). The highest BCUT2D eigenvalue weighted by atomic mass is 19.1. The summed E-state index contributed by atoms with van der Waals surface area (Å²) in [6.45, 7) is 14.5. The molecule has 0 aliphatic carbocycles. The van der Waals surface area contributed by atoms with Crippen molar-refractivity contribution < 1.29 is 19.0 Å². The predicted molar refractivity (Wildman–Crippen MR) is 173 cm³/mol. The van der Waals surface area contributed by atoms with Crippen molar-refractivity contribution in [2.45, 2.75) is 89.3 Å². The molecule has 46 heavy (non-hydrogen) atoms. The molecule has 2 aromatic heterocycles. The maximum absolute atomic E-state index is 14.3. The minimum Gasteiger partial charge on any atom is -0.389 e. The third-order valence-corrected chi connectivity index (χ3v) is 10.1. The van der Waals surface area contributed by atoms with Gasteiger partial charge in [-0.3, -0.25) is 14.6 Å². The minimum atomic E-state index is -1.15. The van der Waals surface area contributed by atoms with Crippen LogP contribution in [0.2, 0.25) is 0 Å². The van der Waals surface area contributed by atoms with Crippen LogP contribution in [0.15, 0.2) is 35.1 Å². The van der Waals surface area contributed by atoms with Crippen molar-refractivity contribution in [1.29, 1.82) is 0 Å². The van der Waals surface area contributed by atoms with Crippen molar-refractivity contribution in [3.05, 3.63) is 63.5 Å². The highest BCUT2D eigenvalue weighted by Gasteiger charge is 2.44. The van der Waals surface area contributed by atoms with Gasteiger partial charge in [0.1, 0.15) is 5.82 Å². The number of halogens is 1. The number of hydrogen-bond donors (Lipinski definition) is 2. The number of ether oxygens (including phenoxy) is 1. The molecule has 2 N–H and O–H groups in total. The van der Waals surface area contributed by atoms with Crippen LogP contribution in [-0.4, -0.2) is 111 Å². The van der Waals surface area contributed by atoms with Gasteiger partial charge in [-0.15, -0.1) is 5.10 Å². The Hall–Kier alpha value is -3.16. The zero-order valence-electron chi connectivity index (χ0n) is 27.5. The van der Waals surface area contributed by atoms with Crippen LogP contribution in [0.1, 0.15) is 57.9 Å². The Bertz CT molecular complexity index is 1690. The van der Waals surface area contributed by atoms with E-state index in [1.165, 1.54) is 16.8 Å². The molecule has 1 aromatic carbocycles. The van der Waals surface area contributed by atoms with Gasteiger partial charge in [-0.2, -0.15) is 0 Å². The number of aromatic nitrogens is 3. The molecule has 3 saturated heterocycles. The Morgan fingerprint density at radius 3 is 2.63 bits per heavy atom. The fourth-order valence-electron chi connectivity index (χ4n) is 7.92. The quantitative estimate of drug-likeness (QED) is 0.386. The number of nitrogens with zero attached hydrogens (tertiary/aromatic N) is 6. The largest absolute Gasteiger partial charge is 0.389 e. The maximum atomic E-state index is 14.3. The van der Waals surface area contributed by atoms with Crippen LogP contribution in [-0.2, 0) is 27.9 Å². The van der Waals surface area contributed by atoms with Gasteiger partial charge in [-0.05, 0) is 51.0 Å². The predicted octanol–water partition coefficient (Wildman–Crippen LogP) is 1.76. The number of likely N-dealkylation sites (tertiary alicyclic amines) is 1. The number of carbonyl (C=O) groups is 1. The smallest absolute Gasteiger partial charge is 0.350 e. The number of hydrogen-bond acceptors (Lipinski definition) is 8. The van der Waals surface area contributed by atoms with Crippen LogP contribution in [0.5, 0.6) is 0 Å². The zero-order valence-corrected chi connectivity index (χ0v) is 27.5. The van der Waals surface area contributed by atoms with Crippen LogP contribution < -0.4 is 15.9 Å². The molecule has 4 aliphatic rings. The fraction of sp³-hybridized carbons (Fsp3) is 0.618. The monoisotopic (exact) mass is 635 g/mol. The molecule has 6 heterocycles. The van der Waals surface area contributed by atoms with Gasteiger partial charge in [0.25, 0.3) is 0 Å². The number of piperazine rings is 1. The Kier molecular flexibility index (Phi) is 7.87. The normalized spacial score (nSPS) is 26.4. The molecular weight excluding hydrogens is 589 g/mol. The number of rotatable bonds is 8. The summed E-state index contributed by atoms with van der Waals surface area (Å²) in [4.78, 5) is 35.0. The highest BCUT2D eigenvalue weighted by Crippen LogP contribution is 2.42. The number of nitrogens with one attached hydrogen (secondary N) is 1. The molecule has 4 aliphatic heterocycles. The molecule has 248 valence electrons. The third kappa shape index (κ3) is 5.90. The average molecular weight is 636 g/mol. The maximum Gasteiger partial charge on any atom is 0.350 e. The SMILES string of the molecule is C[C@@H]1CN(CC(=O)N2CC(C)(C)c3c2cc(Cc2ccc(F)cc2)c2nn(CC(C)(C)O)c(=O)n32)[C@@H](CN2C[C@@H]3C[C@H]2CO3)CN1. The third-order valence-electron chi connectivity index (χ3n) is 10.1.